The van der Waals surface area contributed by atoms with Crippen LogP contribution in [0.3, 0.4) is 0 Å². The largest absolute Gasteiger partial charge is 0.371 e. The average molecular weight is 350 g/mol. The van der Waals surface area contributed by atoms with Crippen LogP contribution in [0.5, 0.6) is 0 Å². The second-order valence-electron chi connectivity index (χ2n) is 6.32. The van der Waals surface area contributed by atoms with E-state index in [2.05, 4.69) is 14.9 Å². The summed E-state index contributed by atoms with van der Waals surface area (Å²) in [7, 11) is 0. The zero-order valence-electron chi connectivity index (χ0n) is 14.0. The second kappa shape index (κ2) is 6.60. The van der Waals surface area contributed by atoms with Crippen molar-refractivity contribution < 1.29 is 8.78 Å². The van der Waals surface area contributed by atoms with Crippen LogP contribution in [0.25, 0.3) is 22.7 Å². The van der Waals surface area contributed by atoms with E-state index in [1.807, 2.05) is 12.1 Å². The van der Waals surface area contributed by atoms with Crippen molar-refractivity contribution in [3.05, 3.63) is 59.4 Å². The van der Waals surface area contributed by atoms with Crippen molar-refractivity contribution in [3.8, 4) is 6.07 Å². The molecule has 2 heterocycles. The quantitative estimate of drug-likeness (QED) is 0.707. The van der Waals surface area contributed by atoms with Crippen LogP contribution in [-0.4, -0.2) is 23.1 Å². The molecule has 6 heteroatoms. The van der Waals surface area contributed by atoms with Crippen LogP contribution in [-0.2, 0) is 0 Å². The SMILES string of the molecule is N#C/C(=C/c1ccc(N2CCCC2)cc1F)c1nc2ccc(F)cc2[nH]1. The molecule has 1 N–H and O–H groups in total. The highest BCUT2D eigenvalue weighted by Crippen LogP contribution is 2.25. The summed E-state index contributed by atoms with van der Waals surface area (Å²) in [5, 5.41) is 9.46. The Labute approximate surface area is 149 Å². The van der Waals surface area contributed by atoms with Crippen LogP contribution in [0.4, 0.5) is 14.5 Å². The number of anilines is 1. The summed E-state index contributed by atoms with van der Waals surface area (Å²) in [6, 6.07) is 11.2. The molecule has 0 bridgehead atoms. The minimum atomic E-state index is -0.390. The molecule has 0 unspecified atom stereocenters. The van der Waals surface area contributed by atoms with Crippen molar-refractivity contribution in [2.24, 2.45) is 0 Å². The van der Waals surface area contributed by atoms with Crippen molar-refractivity contribution in [2.75, 3.05) is 18.0 Å². The second-order valence-corrected chi connectivity index (χ2v) is 6.32. The van der Waals surface area contributed by atoms with E-state index in [0.29, 0.717) is 16.6 Å². The normalized spacial score (nSPS) is 14.8. The summed E-state index contributed by atoms with van der Waals surface area (Å²) in [4.78, 5) is 9.35. The Hall–Kier alpha value is -3.20. The first-order valence-electron chi connectivity index (χ1n) is 8.46. The molecule has 0 saturated carbocycles. The van der Waals surface area contributed by atoms with Crippen molar-refractivity contribution >= 4 is 28.4 Å². The zero-order valence-corrected chi connectivity index (χ0v) is 14.0. The number of nitrogens with zero attached hydrogens (tertiary/aromatic N) is 3. The van der Waals surface area contributed by atoms with Crippen LogP contribution >= 0.6 is 0 Å². The molecule has 2 aromatic carbocycles. The van der Waals surface area contributed by atoms with E-state index >= 15 is 0 Å². The molecule has 1 saturated heterocycles. The molecule has 0 aliphatic carbocycles. The maximum absolute atomic E-state index is 14.5. The minimum Gasteiger partial charge on any atom is -0.371 e. The number of rotatable bonds is 3. The molecule has 130 valence electrons. The van der Waals surface area contributed by atoms with Gasteiger partial charge in [0.25, 0.3) is 0 Å². The first-order chi connectivity index (χ1) is 12.6. The molecule has 0 spiro atoms. The topological polar surface area (TPSA) is 55.7 Å². The van der Waals surface area contributed by atoms with Crippen LogP contribution in [0, 0.1) is 23.0 Å². The Morgan fingerprint density at radius 2 is 1.96 bits per heavy atom. The molecule has 1 fully saturated rings. The maximum atomic E-state index is 14.5. The monoisotopic (exact) mass is 350 g/mol. The van der Waals surface area contributed by atoms with Gasteiger partial charge in [-0.05, 0) is 55.3 Å². The van der Waals surface area contributed by atoms with Gasteiger partial charge in [0, 0.05) is 24.3 Å². The number of aromatic amines is 1. The Morgan fingerprint density at radius 1 is 1.15 bits per heavy atom. The number of nitrogens with one attached hydrogen (secondary N) is 1. The van der Waals surface area contributed by atoms with Crippen molar-refractivity contribution in [3.63, 3.8) is 0 Å². The van der Waals surface area contributed by atoms with Gasteiger partial charge in [0.05, 0.1) is 16.6 Å². The minimum absolute atomic E-state index is 0.189. The summed E-state index contributed by atoms with van der Waals surface area (Å²) in [6.45, 7) is 1.88. The van der Waals surface area contributed by atoms with Crippen molar-refractivity contribution in [1.82, 2.24) is 9.97 Å². The molecule has 0 amide bonds. The third-order valence-electron chi connectivity index (χ3n) is 4.57. The number of fused-ring (bicyclic) bond motifs is 1. The predicted molar refractivity (Wildman–Crippen MR) is 97.4 cm³/mol. The van der Waals surface area contributed by atoms with Gasteiger partial charge in [0.15, 0.2) is 0 Å². The van der Waals surface area contributed by atoms with Crippen molar-refractivity contribution in [1.29, 1.82) is 5.26 Å². The lowest BCUT2D eigenvalue weighted by Crippen LogP contribution is -2.17. The molecule has 26 heavy (non-hydrogen) atoms. The molecule has 0 atom stereocenters. The van der Waals surface area contributed by atoms with Crippen molar-refractivity contribution in [2.45, 2.75) is 12.8 Å². The van der Waals surface area contributed by atoms with Crippen LogP contribution in [0.15, 0.2) is 36.4 Å². The van der Waals surface area contributed by atoms with Gasteiger partial charge >= 0.3 is 0 Å². The molecule has 0 radical (unpaired) electrons. The van der Waals surface area contributed by atoms with Gasteiger partial charge in [-0.3, -0.25) is 0 Å². The number of hydrogen-bond donors (Lipinski definition) is 1. The molecule has 1 aromatic heterocycles. The Morgan fingerprint density at radius 3 is 2.69 bits per heavy atom. The predicted octanol–water partition coefficient (Wildman–Crippen LogP) is 4.51. The highest BCUT2D eigenvalue weighted by molar-refractivity contribution is 5.90. The first kappa shape index (κ1) is 16.3. The fourth-order valence-electron chi connectivity index (χ4n) is 3.22. The van der Waals surface area contributed by atoms with Gasteiger partial charge in [-0.15, -0.1) is 0 Å². The Kier molecular flexibility index (Phi) is 4.13. The Balaban J connectivity index is 1.69. The van der Waals surface area contributed by atoms with Crippen LogP contribution in [0.1, 0.15) is 24.2 Å². The van der Waals surface area contributed by atoms with Crippen LogP contribution in [0.2, 0.25) is 0 Å². The fourth-order valence-corrected chi connectivity index (χ4v) is 3.22. The molecule has 3 aromatic rings. The zero-order chi connectivity index (χ0) is 18.1. The number of nitriles is 1. The molecule has 4 nitrogen and oxygen atoms in total. The molecule has 1 aliphatic heterocycles. The number of allylic oxidation sites excluding steroid dienone is 1. The molecule has 1 aliphatic rings. The van der Waals surface area contributed by atoms with Gasteiger partial charge < -0.3 is 9.88 Å². The summed E-state index contributed by atoms with van der Waals surface area (Å²) in [6.07, 6.45) is 3.69. The molecule has 4 rings (SSSR count). The van der Waals surface area contributed by atoms with E-state index in [9.17, 15) is 14.0 Å². The molecular weight excluding hydrogens is 334 g/mol. The Bertz CT molecular complexity index is 1040. The molecular formula is C20H16F2N4. The third-order valence-corrected chi connectivity index (χ3v) is 4.57. The maximum Gasteiger partial charge on any atom is 0.149 e. The van der Waals surface area contributed by atoms with Gasteiger partial charge in [-0.1, -0.05) is 0 Å². The van der Waals surface area contributed by atoms with E-state index in [0.717, 1.165) is 31.6 Å². The highest BCUT2D eigenvalue weighted by atomic mass is 19.1. The number of hydrogen-bond acceptors (Lipinski definition) is 3. The van der Waals surface area contributed by atoms with Gasteiger partial charge in [0.2, 0.25) is 0 Å². The number of halogens is 2. The van der Waals surface area contributed by atoms with E-state index in [4.69, 9.17) is 0 Å². The number of H-pyrrole nitrogens is 1. The third kappa shape index (κ3) is 3.04. The van der Waals surface area contributed by atoms with E-state index in [1.54, 1.807) is 6.07 Å². The standard InChI is InChI=1S/C20H16F2N4/c21-15-4-6-18-19(10-15)25-20(24-18)14(12-23)9-13-3-5-16(11-17(13)22)26-7-1-2-8-26/h3-6,9-11H,1-2,7-8H2,(H,24,25)/b14-9-. The summed E-state index contributed by atoms with van der Waals surface area (Å²) >= 11 is 0. The smallest absolute Gasteiger partial charge is 0.149 e. The van der Waals surface area contributed by atoms with E-state index < -0.39 is 5.82 Å². The lowest BCUT2D eigenvalue weighted by atomic mass is 10.1. The number of aromatic nitrogens is 2. The van der Waals surface area contributed by atoms with Gasteiger partial charge in [-0.2, -0.15) is 5.26 Å². The van der Waals surface area contributed by atoms with E-state index in [-0.39, 0.29) is 17.2 Å². The van der Waals surface area contributed by atoms with E-state index in [1.165, 1.54) is 30.3 Å². The summed E-state index contributed by atoms with van der Waals surface area (Å²) in [5.74, 6) is -0.487. The first-order valence-corrected chi connectivity index (χ1v) is 8.46. The lowest BCUT2D eigenvalue weighted by molar-refractivity contribution is 0.624. The number of imidazole rings is 1. The fraction of sp³-hybridized carbons (Fsp3) is 0.200. The van der Waals surface area contributed by atoms with Gasteiger partial charge in [0.1, 0.15) is 23.5 Å². The average Bonchev–Trinajstić information content (AvgIpc) is 3.30. The highest BCUT2D eigenvalue weighted by Gasteiger charge is 2.15. The lowest BCUT2D eigenvalue weighted by Gasteiger charge is -2.17. The summed E-state index contributed by atoms with van der Waals surface area (Å²) in [5.41, 5.74) is 2.40. The van der Waals surface area contributed by atoms with Crippen LogP contribution < -0.4 is 4.90 Å². The number of benzene rings is 2. The summed E-state index contributed by atoms with van der Waals surface area (Å²) < 4.78 is 27.8. The van der Waals surface area contributed by atoms with Gasteiger partial charge in [-0.25, -0.2) is 13.8 Å².